The van der Waals surface area contributed by atoms with Gasteiger partial charge in [-0.05, 0) is 13.3 Å². The number of aliphatic carboxylic acids is 1. The van der Waals surface area contributed by atoms with Crippen molar-refractivity contribution in [1.29, 1.82) is 0 Å². The Bertz CT molecular complexity index is 110. The minimum atomic E-state index is -1.09. The third-order valence-electron chi connectivity index (χ3n) is 1.18. The molecule has 3 heteroatoms. The molecule has 0 saturated carbocycles. The summed E-state index contributed by atoms with van der Waals surface area (Å²) in [7, 11) is 0. The highest BCUT2D eigenvalue weighted by Crippen LogP contribution is 2.18. The maximum atomic E-state index is 10.2. The van der Waals surface area contributed by atoms with Gasteiger partial charge in [-0.25, -0.2) is 0 Å². The zero-order valence-corrected chi connectivity index (χ0v) is 6.57. The first-order valence-corrected chi connectivity index (χ1v) is 3.39. The largest absolute Gasteiger partial charge is 0.549 e. The van der Waals surface area contributed by atoms with Crippen LogP contribution in [-0.2, 0) is 4.79 Å². The van der Waals surface area contributed by atoms with E-state index in [1.807, 2.05) is 6.92 Å². The molecule has 0 N–H and O–H groups in total. The van der Waals surface area contributed by atoms with Crippen molar-refractivity contribution in [2.45, 2.75) is 31.4 Å². The van der Waals surface area contributed by atoms with Gasteiger partial charge in [0.05, 0.1) is 5.97 Å². The molecule has 0 amide bonds. The Hall–Kier alpha value is -0.180. The lowest BCUT2D eigenvalue weighted by molar-refractivity contribution is -0.308. The second-order valence-electron chi connectivity index (χ2n) is 2.31. The van der Waals surface area contributed by atoms with E-state index in [0.29, 0.717) is 6.42 Å². The van der Waals surface area contributed by atoms with Crippen LogP contribution >= 0.6 is 12.6 Å². The van der Waals surface area contributed by atoms with E-state index < -0.39 is 10.7 Å². The van der Waals surface area contributed by atoms with Gasteiger partial charge >= 0.3 is 0 Å². The van der Waals surface area contributed by atoms with Crippen molar-refractivity contribution in [1.82, 2.24) is 0 Å². The van der Waals surface area contributed by atoms with Gasteiger partial charge in [0, 0.05) is 4.75 Å². The number of carboxylic acid groups (broad SMARTS) is 1. The Kier molecular flexibility index (Phi) is 3.04. The number of carbonyl (C=O) groups excluding carboxylic acids is 1. The quantitative estimate of drug-likeness (QED) is 0.580. The Morgan fingerprint density at radius 2 is 2.22 bits per heavy atom. The molecule has 0 fully saturated rings. The number of hydrogen-bond donors (Lipinski definition) is 1. The first-order chi connectivity index (χ1) is 4.00. The molecular weight excluding hydrogens is 136 g/mol. The maximum Gasteiger partial charge on any atom is 0.0570 e. The fourth-order valence-electron chi connectivity index (χ4n) is 0.589. The van der Waals surface area contributed by atoms with Gasteiger partial charge in [-0.15, -0.1) is 0 Å². The molecule has 0 aliphatic heterocycles. The molecule has 0 aliphatic rings. The summed E-state index contributed by atoms with van der Waals surface area (Å²) in [6.45, 7) is 3.46. The van der Waals surface area contributed by atoms with Gasteiger partial charge < -0.3 is 9.90 Å². The van der Waals surface area contributed by atoms with E-state index >= 15 is 0 Å². The van der Waals surface area contributed by atoms with Crippen molar-refractivity contribution in [2.75, 3.05) is 0 Å². The SMILES string of the molecule is CCCC(C)(S)C(=O)[O-]. The van der Waals surface area contributed by atoms with Crippen LogP contribution in [0.2, 0.25) is 0 Å². The highest BCUT2D eigenvalue weighted by molar-refractivity contribution is 7.82. The molecule has 54 valence electrons. The Morgan fingerprint density at radius 1 is 1.78 bits per heavy atom. The number of hydrogen-bond acceptors (Lipinski definition) is 3. The molecule has 0 bridgehead atoms. The van der Waals surface area contributed by atoms with Crippen LogP contribution in [0.1, 0.15) is 26.7 Å². The second kappa shape index (κ2) is 3.11. The summed E-state index contributed by atoms with van der Waals surface area (Å²) < 4.78 is -0.950. The summed E-state index contributed by atoms with van der Waals surface area (Å²) in [5.74, 6) is -1.09. The number of carboxylic acids is 1. The van der Waals surface area contributed by atoms with Gasteiger partial charge in [-0.2, -0.15) is 12.6 Å². The number of thiol groups is 1. The summed E-state index contributed by atoms with van der Waals surface area (Å²) in [5, 5.41) is 10.2. The maximum absolute atomic E-state index is 10.2. The van der Waals surface area contributed by atoms with E-state index in [2.05, 4.69) is 12.6 Å². The lowest BCUT2D eigenvalue weighted by atomic mass is 10.1. The lowest BCUT2D eigenvalue weighted by Crippen LogP contribution is -2.41. The molecule has 0 rings (SSSR count). The van der Waals surface area contributed by atoms with Crippen LogP contribution in [0.15, 0.2) is 0 Å². The van der Waals surface area contributed by atoms with Crippen LogP contribution in [0.4, 0.5) is 0 Å². The van der Waals surface area contributed by atoms with Gasteiger partial charge in [0.15, 0.2) is 0 Å². The molecule has 0 heterocycles. The second-order valence-corrected chi connectivity index (χ2v) is 3.30. The zero-order valence-electron chi connectivity index (χ0n) is 5.68. The van der Waals surface area contributed by atoms with Gasteiger partial charge in [0.25, 0.3) is 0 Å². The standard InChI is InChI=1S/C6H12O2S/c1-3-4-6(2,9)5(7)8/h9H,3-4H2,1-2H3,(H,7,8)/p-1. The zero-order chi connectivity index (χ0) is 7.49. The minimum absolute atomic E-state index is 0.554. The topological polar surface area (TPSA) is 40.1 Å². The highest BCUT2D eigenvalue weighted by Gasteiger charge is 2.18. The molecule has 9 heavy (non-hydrogen) atoms. The Balaban J connectivity index is 3.85. The average Bonchev–Trinajstić information content (AvgIpc) is 1.65. The third kappa shape index (κ3) is 2.75. The van der Waals surface area contributed by atoms with Crippen molar-refractivity contribution < 1.29 is 9.90 Å². The van der Waals surface area contributed by atoms with Crippen molar-refractivity contribution in [3.05, 3.63) is 0 Å². The van der Waals surface area contributed by atoms with E-state index in [1.165, 1.54) is 0 Å². The summed E-state index contributed by atoms with van der Waals surface area (Å²) in [6.07, 6.45) is 1.37. The molecule has 2 nitrogen and oxygen atoms in total. The van der Waals surface area contributed by atoms with Crippen molar-refractivity contribution in [2.24, 2.45) is 0 Å². The highest BCUT2D eigenvalue weighted by atomic mass is 32.1. The van der Waals surface area contributed by atoms with Crippen molar-refractivity contribution >= 4 is 18.6 Å². The smallest absolute Gasteiger partial charge is 0.0570 e. The molecule has 0 aromatic rings. The van der Waals surface area contributed by atoms with Crippen LogP contribution in [0.5, 0.6) is 0 Å². The number of rotatable bonds is 3. The van der Waals surface area contributed by atoms with Gasteiger partial charge in [0.2, 0.25) is 0 Å². The molecule has 0 radical (unpaired) electrons. The first kappa shape index (κ1) is 8.82. The average molecular weight is 147 g/mol. The summed E-state index contributed by atoms with van der Waals surface area (Å²) in [4.78, 5) is 10.2. The van der Waals surface area contributed by atoms with E-state index in [9.17, 15) is 9.90 Å². The van der Waals surface area contributed by atoms with Crippen LogP contribution in [0.25, 0.3) is 0 Å². The summed E-state index contributed by atoms with van der Waals surface area (Å²) >= 11 is 3.90. The fraction of sp³-hybridized carbons (Fsp3) is 0.833. The van der Waals surface area contributed by atoms with Gasteiger partial charge in [-0.1, -0.05) is 13.3 Å². The molecule has 1 atom stereocenters. The summed E-state index contributed by atoms with van der Waals surface area (Å²) in [5.41, 5.74) is 0. The predicted octanol–water partition coefficient (Wildman–Crippen LogP) is 0.225. The normalized spacial score (nSPS) is 16.8. The fourth-order valence-corrected chi connectivity index (χ4v) is 0.812. The Labute approximate surface area is 60.7 Å². The van der Waals surface area contributed by atoms with E-state index in [1.54, 1.807) is 6.92 Å². The third-order valence-corrected chi connectivity index (χ3v) is 1.58. The van der Waals surface area contributed by atoms with Crippen molar-refractivity contribution in [3.63, 3.8) is 0 Å². The molecule has 0 spiro atoms. The van der Waals surface area contributed by atoms with E-state index in [0.717, 1.165) is 6.42 Å². The number of carbonyl (C=O) groups is 1. The lowest BCUT2D eigenvalue weighted by Gasteiger charge is -2.23. The molecular formula is C6H11O2S-. The molecule has 0 saturated heterocycles. The Morgan fingerprint density at radius 3 is 2.33 bits per heavy atom. The van der Waals surface area contributed by atoms with Crippen molar-refractivity contribution in [3.8, 4) is 0 Å². The first-order valence-electron chi connectivity index (χ1n) is 2.94. The van der Waals surface area contributed by atoms with Crippen LogP contribution in [0.3, 0.4) is 0 Å². The molecule has 0 aromatic heterocycles. The molecule has 1 unspecified atom stereocenters. The monoisotopic (exact) mass is 147 g/mol. The summed E-state index contributed by atoms with van der Waals surface area (Å²) in [6, 6.07) is 0. The van der Waals surface area contributed by atoms with Gasteiger partial charge in [0.1, 0.15) is 0 Å². The predicted molar refractivity (Wildman–Crippen MR) is 37.3 cm³/mol. The van der Waals surface area contributed by atoms with Crippen LogP contribution in [0, 0.1) is 0 Å². The van der Waals surface area contributed by atoms with E-state index in [4.69, 9.17) is 0 Å². The molecule has 0 aromatic carbocycles. The minimum Gasteiger partial charge on any atom is -0.549 e. The van der Waals surface area contributed by atoms with E-state index in [-0.39, 0.29) is 0 Å². The molecule has 0 aliphatic carbocycles. The van der Waals surface area contributed by atoms with Crippen LogP contribution < -0.4 is 5.11 Å². The van der Waals surface area contributed by atoms with Crippen LogP contribution in [-0.4, -0.2) is 10.7 Å². The van der Waals surface area contributed by atoms with Gasteiger partial charge in [-0.3, -0.25) is 0 Å².